The lowest BCUT2D eigenvalue weighted by Gasteiger charge is -2.38. The van der Waals surface area contributed by atoms with Crippen LogP contribution in [0.25, 0.3) is 0 Å². The van der Waals surface area contributed by atoms with Crippen molar-refractivity contribution in [1.29, 1.82) is 0 Å². The first kappa shape index (κ1) is 26.9. The van der Waals surface area contributed by atoms with Crippen molar-refractivity contribution in [2.24, 2.45) is 0 Å². The number of piperazine rings is 1. The van der Waals surface area contributed by atoms with Crippen molar-refractivity contribution in [3.8, 4) is 5.75 Å². The molecule has 10 heteroatoms. The molecule has 1 saturated heterocycles. The minimum absolute atomic E-state index is 0.0507. The van der Waals surface area contributed by atoms with Crippen molar-refractivity contribution >= 4 is 18.0 Å². The Morgan fingerprint density at radius 2 is 1.75 bits per heavy atom. The second-order valence-corrected chi connectivity index (χ2v) is 7.28. The molecule has 1 aromatic carbocycles. The molecule has 178 valence electrons. The van der Waals surface area contributed by atoms with Crippen molar-refractivity contribution in [3.05, 3.63) is 41.7 Å². The molecule has 0 aromatic heterocycles. The Balaban J connectivity index is 0.000000547. The quantitative estimate of drug-likeness (QED) is 0.404. The Kier molecular flexibility index (Phi) is 11.8. The first-order valence-corrected chi connectivity index (χ1v) is 10.4. The normalized spacial score (nSPS) is 17.9. The summed E-state index contributed by atoms with van der Waals surface area (Å²) in [5, 5.41) is 18.9. The number of nitrogens with one attached hydrogen (secondary N) is 1. The number of amides is 1. The summed E-state index contributed by atoms with van der Waals surface area (Å²) in [5.74, 6) is -2.31. The zero-order valence-electron chi connectivity index (χ0n) is 18.5. The number of nitrogens with zero attached hydrogens (tertiary/aromatic N) is 1. The summed E-state index contributed by atoms with van der Waals surface area (Å²) in [6.07, 6.45) is 2.69. The number of hydrogen-bond donors (Lipinski definition) is 3. The Hall–Kier alpha value is -3.14. The molecule has 0 bridgehead atoms. The van der Waals surface area contributed by atoms with Gasteiger partial charge in [0.25, 0.3) is 0 Å². The predicted molar refractivity (Wildman–Crippen MR) is 115 cm³/mol. The molecule has 0 aliphatic carbocycles. The summed E-state index contributed by atoms with van der Waals surface area (Å²) in [4.78, 5) is 33.1. The molecule has 0 radical (unpaired) electrons. The predicted octanol–water partition coefficient (Wildman–Crippen LogP) is 3.04. The van der Waals surface area contributed by atoms with E-state index in [4.69, 9.17) is 19.7 Å². The van der Waals surface area contributed by atoms with Gasteiger partial charge in [0.1, 0.15) is 18.2 Å². The van der Waals surface area contributed by atoms with Gasteiger partial charge in [0.05, 0.1) is 6.61 Å². The van der Waals surface area contributed by atoms with Gasteiger partial charge in [-0.2, -0.15) is 0 Å². The molecular formula is C22H31FN2O7. The van der Waals surface area contributed by atoms with E-state index in [9.17, 15) is 18.8 Å². The number of carbonyl (C=O) groups excluding carboxylic acids is 1. The molecule has 1 fully saturated rings. The van der Waals surface area contributed by atoms with Gasteiger partial charge in [-0.05, 0) is 38.5 Å². The molecule has 0 saturated carbocycles. The number of aliphatic carboxylic acids is 2. The summed E-state index contributed by atoms with van der Waals surface area (Å²) < 4.78 is 24.8. The lowest BCUT2D eigenvalue weighted by atomic mass is 10.1. The number of rotatable bonds is 8. The van der Waals surface area contributed by atoms with Gasteiger partial charge in [0.2, 0.25) is 0 Å². The number of carboxylic acid groups (broad SMARTS) is 2. The lowest BCUT2D eigenvalue weighted by Crippen LogP contribution is -2.57. The fourth-order valence-electron chi connectivity index (χ4n) is 2.93. The monoisotopic (exact) mass is 454 g/mol. The number of carboxylic acids is 2. The van der Waals surface area contributed by atoms with E-state index in [-0.39, 0.29) is 18.7 Å². The Morgan fingerprint density at radius 1 is 1.16 bits per heavy atom. The van der Waals surface area contributed by atoms with Gasteiger partial charge >= 0.3 is 18.0 Å². The van der Waals surface area contributed by atoms with Crippen LogP contribution in [0, 0.1) is 5.82 Å². The van der Waals surface area contributed by atoms with Crippen LogP contribution in [0.2, 0.25) is 0 Å². The molecule has 1 amide bonds. The van der Waals surface area contributed by atoms with Crippen molar-refractivity contribution < 1.29 is 38.5 Å². The fraction of sp³-hybridized carbons (Fsp3) is 0.500. The zero-order chi connectivity index (χ0) is 24.1. The molecule has 9 nitrogen and oxygen atoms in total. The summed E-state index contributed by atoms with van der Waals surface area (Å²) in [6, 6.07) is 4.64. The van der Waals surface area contributed by atoms with E-state index in [1.807, 2.05) is 13.8 Å². The van der Waals surface area contributed by atoms with Crippen LogP contribution in [-0.2, 0) is 20.9 Å². The first-order valence-electron chi connectivity index (χ1n) is 10.4. The van der Waals surface area contributed by atoms with Crippen LogP contribution in [0.3, 0.4) is 0 Å². The number of unbranched alkanes of at least 4 members (excludes halogenated alkanes) is 1. The largest absolute Gasteiger partial charge is 0.494 e. The third kappa shape index (κ3) is 9.78. The van der Waals surface area contributed by atoms with E-state index in [2.05, 4.69) is 12.2 Å². The van der Waals surface area contributed by atoms with Crippen LogP contribution in [-0.4, -0.2) is 64.9 Å². The van der Waals surface area contributed by atoms with E-state index in [1.165, 1.54) is 6.07 Å². The topological polar surface area (TPSA) is 125 Å². The fourth-order valence-corrected chi connectivity index (χ4v) is 2.93. The van der Waals surface area contributed by atoms with E-state index in [1.54, 1.807) is 17.0 Å². The molecule has 1 aliphatic rings. The summed E-state index contributed by atoms with van der Waals surface area (Å²) in [5.41, 5.74) is 0.327. The second-order valence-electron chi connectivity index (χ2n) is 7.28. The Labute approximate surface area is 186 Å². The first-order chi connectivity index (χ1) is 15.1. The maximum atomic E-state index is 13.9. The minimum atomic E-state index is -1.26. The number of hydrogen-bond acceptors (Lipinski definition) is 6. The van der Waals surface area contributed by atoms with Gasteiger partial charge in [-0.25, -0.2) is 18.8 Å². The number of benzene rings is 1. The maximum absolute atomic E-state index is 13.9. The van der Waals surface area contributed by atoms with Crippen LogP contribution in [0.5, 0.6) is 5.75 Å². The van der Waals surface area contributed by atoms with Crippen LogP contribution >= 0.6 is 0 Å². The molecule has 0 spiro atoms. The minimum Gasteiger partial charge on any atom is -0.494 e. The highest BCUT2D eigenvalue weighted by Gasteiger charge is 2.30. The summed E-state index contributed by atoms with van der Waals surface area (Å²) in [7, 11) is 0. The molecule has 2 atom stereocenters. The van der Waals surface area contributed by atoms with Crippen LogP contribution in [0.15, 0.2) is 30.4 Å². The third-order valence-corrected chi connectivity index (χ3v) is 4.54. The second kappa shape index (κ2) is 14.0. The molecular weight excluding hydrogens is 423 g/mol. The maximum Gasteiger partial charge on any atom is 0.410 e. The molecule has 1 aromatic rings. The molecule has 32 heavy (non-hydrogen) atoms. The van der Waals surface area contributed by atoms with Gasteiger partial charge in [-0.3, -0.25) is 0 Å². The Morgan fingerprint density at radius 3 is 2.28 bits per heavy atom. The highest BCUT2D eigenvalue weighted by atomic mass is 19.1. The average Bonchev–Trinajstić information content (AvgIpc) is 2.73. The summed E-state index contributed by atoms with van der Waals surface area (Å²) >= 11 is 0. The van der Waals surface area contributed by atoms with Crippen molar-refractivity contribution in [2.45, 2.75) is 52.3 Å². The third-order valence-electron chi connectivity index (χ3n) is 4.54. The zero-order valence-corrected chi connectivity index (χ0v) is 18.5. The summed E-state index contributed by atoms with van der Waals surface area (Å²) in [6.45, 7) is 7.97. The standard InChI is InChI=1S/C18H27FN2O3.C4H4O4/c1-4-5-8-23-16-6-7-17(19)15(9-16)12-24-18(22)21-13(2)10-20-11-14(21)3;5-3(6)1-2-4(7)8/h6-7,9,13-14,20H,4-5,8,10-12H2,1-3H3;1-2H,(H,5,6)(H,7,8)/t13-,14+;. The Bertz CT molecular complexity index is 774. The van der Waals surface area contributed by atoms with Gasteiger partial charge in [-0.1, -0.05) is 13.3 Å². The number of halogens is 1. The number of carbonyl (C=O) groups is 3. The molecule has 0 unspecified atom stereocenters. The van der Waals surface area contributed by atoms with Crippen molar-refractivity contribution in [1.82, 2.24) is 10.2 Å². The molecule has 1 heterocycles. The highest BCUT2D eigenvalue weighted by molar-refractivity contribution is 5.89. The lowest BCUT2D eigenvalue weighted by molar-refractivity contribution is -0.134. The van der Waals surface area contributed by atoms with Gasteiger partial charge < -0.3 is 29.9 Å². The smallest absolute Gasteiger partial charge is 0.410 e. The van der Waals surface area contributed by atoms with Gasteiger partial charge in [0, 0.05) is 42.9 Å². The van der Waals surface area contributed by atoms with E-state index < -0.39 is 23.8 Å². The van der Waals surface area contributed by atoms with Crippen LogP contribution in [0.4, 0.5) is 9.18 Å². The SMILES string of the molecule is CCCCOc1ccc(F)c(COC(=O)N2[C@H](C)CNC[C@@H]2C)c1.O=C(O)C=CC(=O)O. The van der Waals surface area contributed by atoms with E-state index in [0.717, 1.165) is 25.9 Å². The van der Waals surface area contributed by atoms with Crippen molar-refractivity contribution in [3.63, 3.8) is 0 Å². The average molecular weight is 454 g/mol. The van der Waals surface area contributed by atoms with Crippen LogP contribution in [0.1, 0.15) is 39.2 Å². The molecule has 2 rings (SSSR count). The van der Waals surface area contributed by atoms with Crippen molar-refractivity contribution in [2.75, 3.05) is 19.7 Å². The van der Waals surface area contributed by atoms with E-state index in [0.29, 0.717) is 30.1 Å². The van der Waals surface area contributed by atoms with Gasteiger partial charge in [0.15, 0.2) is 0 Å². The molecule has 1 aliphatic heterocycles. The van der Waals surface area contributed by atoms with E-state index >= 15 is 0 Å². The number of ether oxygens (including phenoxy) is 2. The highest BCUT2D eigenvalue weighted by Crippen LogP contribution is 2.19. The van der Waals surface area contributed by atoms with Crippen LogP contribution < -0.4 is 10.1 Å². The molecule has 3 N–H and O–H groups in total. The van der Waals surface area contributed by atoms with Gasteiger partial charge in [-0.15, -0.1) is 0 Å².